The van der Waals surface area contributed by atoms with Crippen molar-refractivity contribution in [2.24, 2.45) is 34.5 Å². The highest BCUT2D eigenvalue weighted by molar-refractivity contribution is 5.42. The number of fused-ring (bicyclic) bond motifs is 3. The second-order valence-electron chi connectivity index (χ2n) is 10.7. The van der Waals surface area contributed by atoms with Gasteiger partial charge in [-0.2, -0.15) is 0 Å². The smallest absolute Gasteiger partial charge is 0.177 e. The first-order valence-electron chi connectivity index (χ1n) is 10.0. The van der Waals surface area contributed by atoms with Crippen LogP contribution in [0.2, 0.25) is 0 Å². The monoisotopic (exact) mass is 368 g/mol. The van der Waals surface area contributed by atoms with Gasteiger partial charge in [0.05, 0.1) is 23.2 Å². The van der Waals surface area contributed by atoms with Gasteiger partial charge in [-0.15, -0.1) is 0 Å². The van der Waals surface area contributed by atoms with E-state index in [1.54, 1.807) is 20.8 Å². The van der Waals surface area contributed by atoms with Gasteiger partial charge in [-0.25, -0.2) is 0 Å². The van der Waals surface area contributed by atoms with E-state index in [0.29, 0.717) is 6.42 Å². The maximum atomic E-state index is 12.1. The van der Waals surface area contributed by atoms with Gasteiger partial charge >= 0.3 is 0 Å². The molecule has 6 nitrogen and oxygen atoms in total. The number of aliphatic hydroxyl groups is 5. The van der Waals surface area contributed by atoms with Crippen molar-refractivity contribution >= 4 is 0 Å². The summed E-state index contributed by atoms with van der Waals surface area (Å²) in [5.74, 6) is -3.16. The van der Waals surface area contributed by atoms with E-state index < -0.39 is 57.5 Å². The summed E-state index contributed by atoms with van der Waals surface area (Å²) in [7, 11) is 0. The summed E-state index contributed by atoms with van der Waals surface area (Å²) < 4.78 is 6.19. The van der Waals surface area contributed by atoms with Crippen LogP contribution in [0, 0.1) is 34.5 Å². The fourth-order valence-corrected chi connectivity index (χ4v) is 8.76. The second-order valence-corrected chi connectivity index (χ2v) is 10.7. The van der Waals surface area contributed by atoms with Gasteiger partial charge in [-0.3, -0.25) is 0 Å². The van der Waals surface area contributed by atoms with Crippen LogP contribution < -0.4 is 0 Å². The topological polar surface area (TPSA) is 110 Å². The van der Waals surface area contributed by atoms with E-state index in [1.807, 2.05) is 6.92 Å². The number of aliphatic hydroxyl groups excluding tert-OH is 1. The molecule has 5 fully saturated rings. The Bertz CT molecular complexity index is 698. The van der Waals surface area contributed by atoms with Crippen LogP contribution in [0.15, 0.2) is 0 Å². The third-order valence-corrected chi connectivity index (χ3v) is 10.0. The summed E-state index contributed by atoms with van der Waals surface area (Å²) >= 11 is 0. The molecule has 0 radical (unpaired) electrons. The molecule has 4 aliphatic carbocycles. The highest BCUT2D eigenvalue weighted by Crippen LogP contribution is 2.83. The second kappa shape index (κ2) is 4.19. The van der Waals surface area contributed by atoms with Crippen molar-refractivity contribution < 1.29 is 30.3 Å². The molecule has 6 heteroatoms. The van der Waals surface area contributed by atoms with Crippen LogP contribution in [0.5, 0.6) is 0 Å². The molecule has 5 N–H and O–H groups in total. The molecule has 1 saturated heterocycles. The predicted octanol–water partition coefficient (Wildman–Crippen LogP) is 0.390. The van der Waals surface area contributed by atoms with E-state index in [9.17, 15) is 25.5 Å². The van der Waals surface area contributed by atoms with Crippen LogP contribution in [0.1, 0.15) is 53.9 Å². The first kappa shape index (κ1) is 17.8. The highest BCUT2D eigenvalue weighted by atomic mass is 16.7. The van der Waals surface area contributed by atoms with Crippen molar-refractivity contribution in [3.05, 3.63) is 0 Å². The summed E-state index contributed by atoms with van der Waals surface area (Å²) in [5.41, 5.74) is -6.83. The van der Waals surface area contributed by atoms with Crippen molar-refractivity contribution in [1.29, 1.82) is 0 Å². The van der Waals surface area contributed by atoms with Gasteiger partial charge in [0.25, 0.3) is 0 Å². The molecule has 1 unspecified atom stereocenters. The third kappa shape index (κ3) is 1.21. The Morgan fingerprint density at radius 2 is 1.69 bits per heavy atom. The van der Waals surface area contributed by atoms with Gasteiger partial charge < -0.3 is 30.3 Å². The number of rotatable bonds is 1. The Labute approximate surface area is 154 Å². The third-order valence-electron chi connectivity index (χ3n) is 10.0. The van der Waals surface area contributed by atoms with Crippen molar-refractivity contribution in [2.75, 3.05) is 0 Å². The van der Waals surface area contributed by atoms with Crippen molar-refractivity contribution in [1.82, 2.24) is 0 Å². The summed E-state index contributed by atoms with van der Waals surface area (Å²) in [6.45, 7) is 9.17. The lowest BCUT2D eigenvalue weighted by molar-refractivity contribution is -0.320. The summed E-state index contributed by atoms with van der Waals surface area (Å²) in [4.78, 5) is 0. The Balaban J connectivity index is 1.87. The van der Waals surface area contributed by atoms with Crippen molar-refractivity contribution in [2.45, 2.75) is 88.7 Å². The zero-order valence-electron chi connectivity index (χ0n) is 16.2. The Morgan fingerprint density at radius 1 is 1.08 bits per heavy atom. The summed E-state index contributed by atoms with van der Waals surface area (Å²) in [6, 6.07) is 0. The fraction of sp³-hybridized carbons (Fsp3) is 1.00. The zero-order valence-corrected chi connectivity index (χ0v) is 16.2. The van der Waals surface area contributed by atoms with Crippen LogP contribution in [0.4, 0.5) is 0 Å². The minimum absolute atomic E-state index is 0.103. The first-order chi connectivity index (χ1) is 11.8. The molecular weight excluding hydrogens is 336 g/mol. The molecular formula is C20H32O6. The van der Waals surface area contributed by atoms with E-state index in [1.165, 1.54) is 0 Å². The maximum absolute atomic E-state index is 12.1. The molecule has 0 aromatic rings. The molecule has 0 aromatic heterocycles. The van der Waals surface area contributed by atoms with Crippen LogP contribution in [0.3, 0.4) is 0 Å². The van der Waals surface area contributed by atoms with Crippen LogP contribution in [0.25, 0.3) is 0 Å². The Morgan fingerprint density at radius 3 is 2.27 bits per heavy atom. The lowest BCUT2D eigenvalue weighted by Crippen LogP contribution is -2.77. The number of hydrogen-bond donors (Lipinski definition) is 5. The molecule has 0 aromatic carbocycles. The van der Waals surface area contributed by atoms with E-state index in [4.69, 9.17) is 4.74 Å². The minimum atomic E-state index is -1.80. The average molecular weight is 368 g/mol. The molecule has 148 valence electrons. The molecule has 26 heavy (non-hydrogen) atoms. The van der Waals surface area contributed by atoms with E-state index >= 15 is 0 Å². The van der Waals surface area contributed by atoms with Gasteiger partial charge in [-0.05, 0) is 31.6 Å². The Kier molecular flexibility index (Phi) is 2.87. The molecule has 1 heterocycles. The van der Waals surface area contributed by atoms with Gasteiger partial charge in [0.1, 0.15) is 11.2 Å². The molecule has 1 aliphatic heterocycles. The van der Waals surface area contributed by atoms with Gasteiger partial charge in [0, 0.05) is 23.7 Å². The largest absolute Gasteiger partial charge is 0.390 e. The van der Waals surface area contributed by atoms with E-state index in [0.717, 1.165) is 6.42 Å². The highest BCUT2D eigenvalue weighted by Gasteiger charge is 2.96. The predicted molar refractivity (Wildman–Crippen MR) is 91.7 cm³/mol. The molecule has 11 atom stereocenters. The first-order valence-corrected chi connectivity index (χ1v) is 10.0. The Hall–Kier alpha value is -0.240. The summed E-state index contributed by atoms with van der Waals surface area (Å²) in [5, 5.41) is 58.7. The minimum Gasteiger partial charge on any atom is -0.390 e. The number of hydrogen-bond acceptors (Lipinski definition) is 6. The lowest BCUT2D eigenvalue weighted by atomic mass is 9.41. The van der Waals surface area contributed by atoms with Crippen molar-refractivity contribution in [3.63, 3.8) is 0 Å². The SMILES string of the molecule is CC(C)[C@@]1(O)[C@H](O)[C@@H]2[C@@]3(O)[C@@H]4O[C@@](O)(C[C@@]2(C)[C@@]2(O)CC[C@@H](C)[C@@H]42)C31C. The average Bonchev–Trinajstić information content (AvgIpc) is 2.91. The standard InChI is InChI=1S/C20H32O6/c1-9(2)19(24)13(21)12-15(4)8-18(23)16(19,5)20(12,25)14(26-18)11-10(3)6-7-17(11,15)22/h9-14,21-25H,6-8H2,1-5H3/t10-,11+,12+,13-,14-,15-,16?,17-,18+,19-,20-/m1/s1. The van der Waals surface area contributed by atoms with Crippen molar-refractivity contribution in [3.8, 4) is 0 Å². The van der Waals surface area contributed by atoms with E-state index in [-0.39, 0.29) is 18.3 Å². The lowest BCUT2D eigenvalue weighted by Gasteiger charge is -2.64. The summed E-state index contributed by atoms with van der Waals surface area (Å²) in [6.07, 6.45) is -0.571. The zero-order chi connectivity index (χ0) is 19.3. The molecule has 4 saturated carbocycles. The fourth-order valence-electron chi connectivity index (χ4n) is 8.76. The molecule has 5 bridgehead atoms. The number of ether oxygens (including phenoxy) is 1. The van der Waals surface area contributed by atoms with Gasteiger partial charge in [0.2, 0.25) is 0 Å². The van der Waals surface area contributed by atoms with Gasteiger partial charge in [-0.1, -0.05) is 27.7 Å². The molecule has 5 aliphatic rings. The van der Waals surface area contributed by atoms with Gasteiger partial charge in [0.15, 0.2) is 5.79 Å². The van der Waals surface area contributed by atoms with E-state index in [2.05, 4.69) is 6.92 Å². The maximum Gasteiger partial charge on any atom is 0.177 e. The van der Waals surface area contributed by atoms with Crippen LogP contribution >= 0.6 is 0 Å². The molecule has 0 spiro atoms. The quantitative estimate of drug-likeness (QED) is 0.458. The normalized spacial score (nSPS) is 71.0. The van der Waals surface area contributed by atoms with Crippen LogP contribution in [-0.2, 0) is 4.74 Å². The molecule has 0 amide bonds. The van der Waals surface area contributed by atoms with Crippen LogP contribution in [-0.4, -0.2) is 60.3 Å². The molecule has 5 rings (SSSR count).